The van der Waals surface area contributed by atoms with Crippen molar-refractivity contribution in [3.8, 4) is 0 Å². The van der Waals surface area contributed by atoms with E-state index >= 15 is 0 Å². The van der Waals surface area contributed by atoms with E-state index in [0.29, 0.717) is 6.61 Å². The number of benzene rings is 1. The molecule has 224 valence electrons. The van der Waals surface area contributed by atoms with Gasteiger partial charge in [0.25, 0.3) is 0 Å². The van der Waals surface area contributed by atoms with Crippen molar-refractivity contribution in [2.24, 2.45) is 4.99 Å². The Hall–Kier alpha value is -2.33. The molecule has 1 atom stereocenters. The average molecular weight is 543 g/mol. The fourth-order valence-electron chi connectivity index (χ4n) is 3.76. The van der Waals surface area contributed by atoms with E-state index in [0.717, 1.165) is 79.1 Å². The molecule has 1 aromatic carbocycles. The molecule has 0 heterocycles. The number of allylic oxidation sites excluding steroid dienone is 4. The first-order valence-corrected chi connectivity index (χ1v) is 15.6. The summed E-state index contributed by atoms with van der Waals surface area (Å²) in [6, 6.07) is 6.35. The third kappa shape index (κ3) is 17.8. The van der Waals surface area contributed by atoms with Gasteiger partial charge in [0.05, 0.1) is 6.61 Å². The molecule has 1 aromatic rings. The third-order valence-corrected chi connectivity index (χ3v) is 5.85. The van der Waals surface area contributed by atoms with Gasteiger partial charge in [-0.15, -0.1) is 0 Å². The van der Waals surface area contributed by atoms with Gasteiger partial charge >= 0.3 is 0 Å². The van der Waals surface area contributed by atoms with Crippen LogP contribution in [0.5, 0.6) is 0 Å². The summed E-state index contributed by atoms with van der Waals surface area (Å²) in [5, 5.41) is 3.27. The van der Waals surface area contributed by atoms with Gasteiger partial charge in [0.15, 0.2) is 5.90 Å². The van der Waals surface area contributed by atoms with Crippen molar-refractivity contribution in [3.05, 3.63) is 59.8 Å². The molecule has 39 heavy (non-hydrogen) atoms. The van der Waals surface area contributed by atoms with Crippen LogP contribution in [0.25, 0.3) is 5.57 Å². The number of rotatable bonds is 18. The maximum Gasteiger partial charge on any atom is 0.188 e. The molecule has 1 rings (SSSR count). The summed E-state index contributed by atoms with van der Waals surface area (Å²) < 4.78 is 12.0. The van der Waals surface area contributed by atoms with E-state index in [1.807, 2.05) is 34.7 Å². The van der Waals surface area contributed by atoms with E-state index < -0.39 is 0 Å². The molecule has 0 radical (unpaired) electrons. The van der Waals surface area contributed by atoms with Crippen LogP contribution < -0.4 is 5.32 Å². The predicted molar refractivity (Wildman–Crippen MR) is 177 cm³/mol. The highest BCUT2D eigenvalue weighted by Gasteiger charge is 2.12. The lowest BCUT2D eigenvalue weighted by atomic mass is 9.96. The zero-order chi connectivity index (χ0) is 30.1. The minimum Gasteiger partial charge on any atom is -0.475 e. The first-order chi connectivity index (χ1) is 18.9. The molecule has 4 nitrogen and oxygen atoms in total. The Morgan fingerprint density at radius 1 is 0.949 bits per heavy atom. The molecule has 1 N–H and O–H groups in total. The SMILES string of the molecule is C=C(/C=C(/CCCCCC)N=C(CCC)OC(C)COCCCC)C(=C)c1cc(C)ccc1NC.CC.CC. The van der Waals surface area contributed by atoms with Crippen LogP contribution in [0.3, 0.4) is 0 Å². The molecule has 0 spiro atoms. The van der Waals surface area contributed by atoms with Gasteiger partial charge < -0.3 is 14.8 Å². The van der Waals surface area contributed by atoms with Gasteiger partial charge in [0.2, 0.25) is 0 Å². The van der Waals surface area contributed by atoms with Crippen molar-refractivity contribution < 1.29 is 9.47 Å². The van der Waals surface area contributed by atoms with Crippen LogP contribution >= 0.6 is 0 Å². The number of nitrogens with one attached hydrogen (secondary N) is 1. The fourth-order valence-corrected chi connectivity index (χ4v) is 3.76. The summed E-state index contributed by atoms with van der Waals surface area (Å²) in [6.07, 6.45) is 11.7. The van der Waals surface area contributed by atoms with Gasteiger partial charge in [-0.25, -0.2) is 4.99 Å². The number of unbranched alkanes of at least 4 members (excludes halogenated alkanes) is 4. The maximum atomic E-state index is 6.23. The van der Waals surface area contributed by atoms with E-state index in [2.05, 4.69) is 77.4 Å². The van der Waals surface area contributed by atoms with Crippen LogP contribution in [-0.4, -0.2) is 32.3 Å². The van der Waals surface area contributed by atoms with Crippen LogP contribution in [-0.2, 0) is 9.47 Å². The van der Waals surface area contributed by atoms with Gasteiger partial charge in [0, 0.05) is 37.0 Å². The molecule has 1 unspecified atom stereocenters. The summed E-state index contributed by atoms with van der Waals surface area (Å²) in [7, 11) is 1.94. The largest absolute Gasteiger partial charge is 0.475 e. The number of anilines is 1. The van der Waals surface area contributed by atoms with Crippen molar-refractivity contribution in [2.45, 2.75) is 126 Å². The highest BCUT2D eigenvalue weighted by molar-refractivity contribution is 5.86. The van der Waals surface area contributed by atoms with E-state index in [9.17, 15) is 0 Å². The third-order valence-electron chi connectivity index (χ3n) is 5.85. The summed E-state index contributed by atoms with van der Waals surface area (Å²) >= 11 is 0. The van der Waals surface area contributed by atoms with E-state index in [1.54, 1.807) is 0 Å². The van der Waals surface area contributed by atoms with E-state index in [-0.39, 0.29) is 6.10 Å². The molecule has 0 aliphatic rings. The monoisotopic (exact) mass is 542 g/mol. The molecule has 0 fully saturated rings. The lowest BCUT2D eigenvalue weighted by molar-refractivity contribution is 0.0500. The molecule has 0 aliphatic heterocycles. The number of nitrogens with zero attached hydrogens (tertiary/aromatic N) is 1. The highest BCUT2D eigenvalue weighted by Crippen LogP contribution is 2.30. The van der Waals surface area contributed by atoms with Crippen LogP contribution in [0.4, 0.5) is 5.69 Å². The Labute approximate surface area is 243 Å². The Bertz CT molecular complexity index is 839. The summed E-state index contributed by atoms with van der Waals surface area (Å²) in [6.45, 7) is 28.8. The second-order valence-corrected chi connectivity index (χ2v) is 9.36. The quantitative estimate of drug-likeness (QED) is 0.0868. The van der Waals surface area contributed by atoms with Crippen molar-refractivity contribution in [1.82, 2.24) is 0 Å². The molecule has 0 bridgehead atoms. The zero-order valence-corrected chi connectivity index (χ0v) is 27.3. The fraction of sp³-hybridized carbons (Fsp3) is 0.629. The zero-order valence-electron chi connectivity index (χ0n) is 27.3. The number of aliphatic imine (C=N–C) groups is 1. The van der Waals surface area contributed by atoms with Gasteiger partial charge in [-0.3, -0.25) is 0 Å². The molecule has 0 aliphatic carbocycles. The van der Waals surface area contributed by atoms with E-state index in [4.69, 9.17) is 14.5 Å². The number of hydrogen-bond acceptors (Lipinski definition) is 4. The van der Waals surface area contributed by atoms with Crippen molar-refractivity contribution in [2.75, 3.05) is 25.6 Å². The van der Waals surface area contributed by atoms with Crippen LogP contribution in [0.2, 0.25) is 0 Å². The Morgan fingerprint density at radius 3 is 2.21 bits per heavy atom. The summed E-state index contributed by atoms with van der Waals surface area (Å²) in [4.78, 5) is 5.01. The van der Waals surface area contributed by atoms with Gasteiger partial charge in [0.1, 0.15) is 6.10 Å². The molecular weight excluding hydrogens is 480 g/mol. The van der Waals surface area contributed by atoms with Crippen LogP contribution in [0.1, 0.15) is 124 Å². The van der Waals surface area contributed by atoms with Gasteiger partial charge in [-0.2, -0.15) is 0 Å². The topological polar surface area (TPSA) is 42.9 Å². The highest BCUT2D eigenvalue weighted by atomic mass is 16.5. The molecule has 0 aromatic heterocycles. The van der Waals surface area contributed by atoms with E-state index in [1.165, 1.54) is 24.8 Å². The Balaban J connectivity index is 0. The molecule has 4 heteroatoms. The molecule has 0 amide bonds. The molecule has 0 saturated carbocycles. The standard InChI is InChI=1S/C31H50N2O2.2C2H6/c1-9-12-14-15-17-28(33-31(16-11-3)35-26(6)23-34-20-13-10-2)22-25(5)27(7)29-21-24(4)18-19-30(29)32-8;2*1-2/h18-19,21-22,26,32H,5,7,9-17,20,23H2,1-4,6,8H3;2*1-2H3/b28-22-,33-31?;;. The summed E-state index contributed by atoms with van der Waals surface area (Å²) in [5.41, 5.74) is 6.13. The lowest BCUT2D eigenvalue weighted by Gasteiger charge is -2.17. The maximum absolute atomic E-state index is 6.23. The van der Waals surface area contributed by atoms with Crippen LogP contribution in [0, 0.1) is 6.92 Å². The number of aryl methyl sites for hydroxylation is 1. The second kappa shape index (κ2) is 25.9. The van der Waals surface area contributed by atoms with Gasteiger partial charge in [-0.05, 0) is 68.9 Å². The van der Waals surface area contributed by atoms with Crippen molar-refractivity contribution >= 4 is 17.2 Å². The minimum absolute atomic E-state index is 0.0258. The molecular formula is C35H62N2O2. The van der Waals surface area contributed by atoms with Crippen molar-refractivity contribution in [3.63, 3.8) is 0 Å². The first kappa shape index (κ1) is 38.8. The average Bonchev–Trinajstić information content (AvgIpc) is 2.95. The summed E-state index contributed by atoms with van der Waals surface area (Å²) in [5.74, 6) is 0.783. The van der Waals surface area contributed by atoms with Crippen LogP contribution in [0.15, 0.2) is 53.7 Å². The predicted octanol–water partition coefficient (Wildman–Crippen LogP) is 10.9. The smallest absolute Gasteiger partial charge is 0.188 e. The van der Waals surface area contributed by atoms with Crippen molar-refractivity contribution in [1.29, 1.82) is 0 Å². The van der Waals surface area contributed by atoms with Gasteiger partial charge in [-0.1, -0.05) is 98.9 Å². The lowest BCUT2D eigenvalue weighted by Crippen LogP contribution is -2.21. The first-order valence-electron chi connectivity index (χ1n) is 15.6. The second-order valence-electron chi connectivity index (χ2n) is 9.36. The number of ether oxygens (including phenoxy) is 2. The molecule has 0 saturated heterocycles. The normalized spacial score (nSPS) is 11.9. The minimum atomic E-state index is -0.0258. The Morgan fingerprint density at radius 2 is 1.62 bits per heavy atom. The Kier molecular flexibility index (Phi) is 25.8. The number of hydrogen-bond donors (Lipinski definition) is 1.